The largest absolute Gasteiger partial charge is 0.495 e. The third-order valence-corrected chi connectivity index (χ3v) is 3.26. The molecule has 1 aromatic rings. The Balaban J connectivity index is 3.05. The molecule has 0 heterocycles. The van der Waals surface area contributed by atoms with Gasteiger partial charge < -0.3 is 15.4 Å². The van der Waals surface area contributed by atoms with Crippen LogP contribution in [0.1, 0.15) is 26.7 Å². The minimum atomic E-state index is 0.00249. The monoisotopic (exact) mass is 264 g/mol. The zero-order chi connectivity index (χ0) is 14.3. The molecule has 0 saturated carbocycles. The van der Waals surface area contributed by atoms with Crippen LogP contribution in [0.5, 0.6) is 5.75 Å². The van der Waals surface area contributed by atoms with Gasteiger partial charge in [-0.25, -0.2) is 0 Å². The highest BCUT2D eigenvalue weighted by atomic mass is 16.5. The maximum Gasteiger partial charge on any atom is 0.229 e. The van der Waals surface area contributed by atoms with Gasteiger partial charge in [-0.2, -0.15) is 0 Å². The number of benzene rings is 1. The summed E-state index contributed by atoms with van der Waals surface area (Å²) in [6.07, 6.45) is 1.60. The van der Waals surface area contributed by atoms with Crippen molar-refractivity contribution in [1.29, 1.82) is 0 Å². The zero-order valence-electron chi connectivity index (χ0n) is 12.1. The molecule has 4 nitrogen and oxygen atoms in total. The summed E-state index contributed by atoms with van der Waals surface area (Å²) in [6, 6.07) is 7.60. The molecule has 1 aromatic carbocycles. The molecule has 19 heavy (non-hydrogen) atoms. The standard InChI is InChI=1S/C15H24N2O2/c1-4-12(2)15(18)17(11-7-10-16)13-8-5-6-9-14(13)19-3/h5-6,8-9,12H,4,7,10-11,16H2,1-3H3. The van der Waals surface area contributed by atoms with Gasteiger partial charge in [0.05, 0.1) is 12.8 Å². The number of amides is 1. The number of ether oxygens (including phenoxy) is 1. The Morgan fingerprint density at radius 2 is 2.11 bits per heavy atom. The Kier molecular flexibility index (Phi) is 6.36. The van der Waals surface area contributed by atoms with E-state index in [1.54, 1.807) is 12.0 Å². The highest BCUT2D eigenvalue weighted by molar-refractivity contribution is 5.96. The van der Waals surface area contributed by atoms with Crippen molar-refractivity contribution in [2.24, 2.45) is 11.7 Å². The van der Waals surface area contributed by atoms with E-state index < -0.39 is 0 Å². The number of hydrogen-bond acceptors (Lipinski definition) is 3. The third kappa shape index (κ3) is 3.96. The van der Waals surface area contributed by atoms with Crippen LogP contribution >= 0.6 is 0 Å². The second-order valence-corrected chi connectivity index (χ2v) is 4.61. The average molecular weight is 264 g/mol. The summed E-state index contributed by atoms with van der Waals surface area (Å²) < 4.78 is 5.34. The quantitative estimate of drug-likeness (QED) is 0.823. The summed E-state index contributed by atoms with van der Waals surface area (Å²) in [6.45, 7) is 5.17. The molecular formula is C15H24N2O2. The molecule has 0 aromatic heterocycles. The molecule has 1 rings (SSSR count). The van der Waals surface area contributed by atoms with E-state index in [-0.39, 0.29) is 11.8 Å². The first-order chi connectivity index (χ1) is 9.15. The van der Waals surface area contributed by atoms with Crippen LogP contribution in [-0.4, -0.2) is 26.1 Å². The van der Waals surface area contributed by atoms with Gasteiger partial charge >= 0.3 is 0 Å². The molecule has 106 valence electrons. The topological polar surface area (TPSA) is 55.6 Å². The zero-order valence-corrected chi connectivity index (χ0v) is 12.1. The number of hydrogen-bond donors (Lipinski definition) is 1. The maximum absolute atomic E-state index is 12.5. The van der Waals surface area contributed by atoms with E-state index >= 15 is 0 Å². The predicted molar refractivity (Wildman–Crippen MR) is 78.5 cm³/mol. The fraction of sp³-hybridized carbons (Fsp3) is 0.533. The molecule has 1 atom stereocenters. The molecule has 0 radical (unpaired) electrons. The Hall–Kier alpha value is -1.55. The Labute approximate surface area is 115 Å². The normalized spacial score (nSPS) is 12.0. The lowest BCUT2D eigenvalue weighted by atomic mass is 10.1. The van der Waals surface area contributed by atoms with Gasteiger partial charge in [0.15, 0.2) is 0 Å². The van der Waals surface area contributed by atoms with Crippen molar-refractivity contribution in [1.82, 2.24) is 0 Å². The number of carbonyl (C=O) groups excluding carboxylic acids is 1. The van der Waals surface area contributed by atoms with Crippen molar-refractivity contribution in [3.8, 4) is 5.75 Å². The molecule has 0 aliphatic rings. The van der Waals surface area contributed by atoms with Crippen LogP contribution < -0.4 is 15.4 Å². The Morgan fingerprint density at radius 1 is 1.42 bits per heavy atom. The second-order valence-electron chi connectivity index (χ2n) is 4.61. The molecule has 2 N–H and O–H groups in total. The molecule has 0 aliphatic carbocycles. The number of methoxy groups -OCH3 is 1. The van der Waals surface area contributed by atoms with Crippen LogP contribution in [0.3, 0.4) is 0 Å². The minimum absolute atomic E-state index is 0.00249. The summed E-state index contributed by atoms with van der Waals surface area (Å²) >= 11 is 0. The van der Waals surface area contributed by atoms with Crippen LogP contribution in [0, 0.1) is 5.92 Å². The molecule has 1 amide bonds. The highest BCUT2D eigenvalue weighted by Gasteiger charge is 2.22. The lowest BCUT2D eigenvalue weighted by Gasteiger charge is -2.27. The van der Waals surface area contributed by atoms with E-state index in [4.69, 9.17) is 10.5 Å². The fourth-order valence-corrected chi connectivity index (χ4v) is 1.89. The molecule has 0 aliphatic heterocycles. The van der Waals surface area contributed by atoms with Crippen LogP contribution in [0.15, 0.2) is 24.3 Å². The lowest BCUT2D eigenvalue weighted by molar-refractivity contribution is -0.122. The number of anilines is 1. The smallest absolute Gasteiger partial charge is 0.229 e. The molecule has 4 heteroatoms. The highest BCUT2D eigenvalue weighted by Crippen LogP contribution is 2.29. The molecule has 0 bridgehead atoms. The minimum Gasteiger partial charge on any atom is -0.495 e. The third-order valence-electron chi connectivity index (χ3n) is 3.26. The van der Waals surface area contributed by atoms with Crippen molar-refractivity contribution in [3.05, 3.63) is 24.3 Å². The summed E-state index contributed by atoms with van der Waals surface area (Å²) in [5, 5.41) is 0. The second kappa shape index (κ2) is 7.79. The van der Waals surface area contributed by atoms with Crippen LogP contribution in [0.25, 0.3) is 0 Å². The number of rotatable bonds is 7. The molecule has 0 spiro atoms. The van der Waals surface area contributed by atoms with Crippen molar-refractivity contribution in [3.63, 3.8) is 0 Å². The number of nitrogens with zero attached hydrogens (tertiary/aromatic N) is 1. The van der Waals surface area contributed by atoms with E-state index in [0.717, 1.165) is 24.3 Å². The lowest BCUT2D eigenvalue weighted by Crippen LogP contribution is -2.36. The SMILES string of the molecule is CCC(C)C(=O)N(CCCN)c1ccccc1OC. The first-order valence-corrected chi connectivity index (χ1v) is 6.80. The van der Waals surface area contributed by atoms with Gasteiger partial charge in [0.2, 0.25) is 5.91 Å². The van der Waals surface area contributed by atoms with E-state index in [9.17, 15) is 4.79 Å². The van der Waals surface area contributed by atoms with Gasteiger partial charge in [0.1, 0.15) is 5.75 Å². The average Bonchev–Trinajstić information content (AvgIpc) is 2.46. The molecular weight excluding hydrogens is 240 g/mol. The first kappa shape index (κ1) is 15.5. The van der Waals surface area contributed by atoms with Crippen LogP contribution in [0.4, 0.5) is 5.69 Å². The summed E-state index contributed by atoms with van der Waals surface area (Å²) in [4.78, 5) is 14.3. The van der Waals surface area contributed by atoms with Crippen LogP contribution in [-0.2, 0) is 4.79 Å². The van der Waals surface area contributed by atoms with Gasteiger partial charge in [0.25, 0.3) is 0 Å². The maximum atomic E-state index is 12.5. The Morgan fingerprint density at radius 3 is 2.68 bits per heavy atom. The van der Waals surface area contributed by atoms with E-state index in [0.29, 0.717) is 13.1 Å². The molecule has 1 unspecified atom stereocenters. The van der Waals surface area contributed by atoms with E-state index in [2.05, 4.69) is 0 Å². The van der Waals surface area contributed by atoms with Crippen molar-refractivity contribution >= 4 is 11.6 Å². The van der Waals surface area contributed by atoms with Gasteiger partial charge in [0, 0.05) is 12.5 Å². The van der Waals surface area contributed by atoms with Gasteiger partial charge in [-0.05, 0) is 31.5 Å². The van der Waals surface area contributed by atoms with Crippen molar-refractivity contribution < 1.29 is 9.53 Å². The van der Waals surface area contributed by atoms with Gasteiger partial charge in [-0.1, -0.05) is 26.0 Å². The van der Waals surface area contributed by atoms with Crippen molar-refractivity contribution in [2.75, 3.05) is 25.1 Å². The Bertz CT molecular complexity index is 407. The van der Waals surface area contributed by atoms with E-state index in [1.165, 1.54) is 0 Å². The predicted octanol–water partition coefficient (Wildman–Crippen LogP) is 2.42. The van der Waals surface area contributed by atoms with Gasteiger partial charge in [-0.15, -0.1) is 0 Å². The molecule has 0 fully saturated rings. The van der Waals surface area contributed by atoms with Gasteiger partial charge in [-0.3, -0.25) is 4.79 Å². The fourth-order valence-electron chi connectivity index (χ4n) is 1.89. The van der Waals surface area contributed by atoms with Crippen LogP contribution in [0.2, 0.25) is 0 Å². The summed E-state index contributed by atoms with van der Waals surface area (Å²) in [5.41, 5.74) is 6.39. The number of carbonyl (C=O) groups is 1. The number of nitrogens with two attached hydrogens (primary N) is 1. The summed E-state index contributed by atoms with van der Waals surface area (Å²) in [7, 11) is 1.62. The first-order valence-electron chi connectivity index (χ1n) is 6.80. The summed E-state index contributed by atoms with van der Waals surface area (Å²) in [5.74, 6) is 0.847. The van der Waals surface area contributed by atoms with E-state index in [1.807, 2.05) is 38.1 Å². The number of para-hydroxylation sites is 2. The molecule has 0 saturated heterocycles. The van der Waals surface area contributed by atoms with Crippen molar-refractivity contribution in [2.45, 2.75) is 26.7 Å².